The van der Waals surface area contributed by atoms with E-state index in [-0.39, 0.29) is 16.9 Å². The summed E-state index contributed by atoms with van der Waals surface area (Å²) in [6, 6.07) is 12.1. The Hall–Kier alpha value is -2.14. The van der Waals surface area contributed by atoms with Gasteiger partial charge in [-0.1, -0.05) is 78.8 Å². The van der Waals surface area contributed by atoms with Crippen molar-refractivity contribution in [1.82, 2.24) is 5.32 Å². The van der Waals surface area contributed by atoms with E-state index in [0.29, 0.717) is 12.3 Å². The number of phenolic OH excluding ortho intramolecular Hbond substituents is 1. The smallest absolute Gasteiger partial charge is 0.319 e. The molecule has 0 aliphatic rings. The summed E-state index contributed by atoms with van der Waals surface area (Å²) < 4.78 is 0. The monoisotopic (exact) mass is 456 g/mol. The number of para-hydroxylation sites is 1. The fraction of sp³-hybridized carbons (Fsp3) is 0.519. The van der Waals surface area contributed by atoms with Crippen molar-refractivity contribution in [2.24, 2.45) is 0 Å². The van der Waals surface area contributed by atoms with Crippen molar-refractivity contribution in [3.8, 4) is 5.75 Å². The lowest BCUT2D eigenvalue weighted by Crippen LogP contribution is -2.30. The third-order valence-corrected chi connectivity index (χ3v) is 6.37. The fourth-order valence-electron chi connectivity index (χ4n) is 3.67. The van der Waals surface area contributed by atoms with Crippen molar-refractivity contribution in [3.05, 3.63) is 58.7 Å². The number of phenols is 1. The Bertz CT molecular complexity index is 876. The normalized spacial score (nSPS) is 12.0. The number of carbonyl (C=O) groups is 1. The molecule has 2 rings (SSSR count). The van der Waals surface area contributed by atoms with Crippen LogP contribution in [0.25, 0.3) is 0 Å². The molecular formula is C27H40N2O2S. The van der Waals surface area contributed by atoms with Crippen LogP contribution in [0.2, 0.25) is 0 Å². The second-order valence-electron chi connectivity index (χ2n) is 10.3. The summed E-state index contributed by atoms with van der Waals surface area (Å²) in [6.45, 7) is 15.6. The van der Waals surface area contributed by atoms with Crippen LogP contribution in [0.4, 0.5) is 10.5 Å². The highest BCUT2D eigenvalue weighted by Crippen LogP contribution is 2.40. The van der Waals surface area contributed by atoms with Crippen molar-refractivity contribution in [1.29, 1.82) is 0 Å². The Balaban J connectivity index is 2.20. The van der Waals surface area contributed by atoms with Crippen molar-refractivity contribution in [2.75, 3.05) is 23.4 Å². The largest absolute Gasteiger partial charge is 0.507 e. The maximum absolute atomic E-state index is 12.3. The summed E-state index contributed by atoms with van der Waals surface area (Å²) in [5, 5.41) is 16.9. The topological polar surface area (TPSA) is 61.4 Å². The summed E-state index contributed by atoms with van der Waals surface area (Å²) >= 11 is 1.81. The molecule has 0 aliphatic carbocycles. The first-order valence-electron chi connectivity index (χ1n) is 11.5. The van der Waals surface area contributed by atoms with Crippen molar-refractivity contribution in [3.63, 3.8) is 0 Å². The molecular weight excluding hydrogens is 416 g/mol. The van der Waals surface area contributed by atoms with Crippen molar-refractivity contribution in [2.45, 2.75) is 72.1 Å². The predicted octanol–water partition coefficient (Wildman–Crippen LogP) is 6.65. The van der Waals surface area contributed by atoms with E-state index >= 15 is 0 Å². The SMILES string of the molecule is CCSCCNC(=O)Nc1ccccc1CCc1cc(C(C)(C)C)c(O)c(C(C)(C)C)c1. The Labute approximate surface area is 198 Å². The molecule has 0 fully saturated rings. The van der Waals surface area contributed by atoms with Gasteiger partial charge in [0.1, 0.15) is 5.75 Å². The highest BCUT2D eigenvalue weighted by atomic mass is 32.2. The molecule has 0 aromatic heterocycles. The zero-order chi connectivity index (χ0) is 23.9. The molecule has 0 aliphatic heterocycles. The number of carbonyl (C=O) groups excluding carboxylic acids is 1. The molecule has 0 bridgehead atoms. The predicted molar refractivity (Wildman–Crippen MR) is 139 cm³/mol. The van der Waals surface area contributed by atoms with Gasteiger partial charge in [-0.3, -0.25) is 0 Å². The molecule has 0 heterocycles. The van der Waals surface area contributed by atoms with Gasteiger partial charge in [0, 0.05) is 18.0 Å². The lowest BCUT2D eigenvalue weighted by atomic mass is 9.78. The molecule has 176 valence electrons. The Morgan fingerprint density at radius 1 is 0.969 bits per heavy atom. The average molecular weight is 457 g/mol. The van der Waals surface area contributed by atoms with Crippen LogP contribution in [-0.4, -0.2) is 29.2 Å². The van der Waals surface area contributed by atoms with Crippen LogP contribution < -0.4 is 10.6 Å². The molecule has 5 heteroatoms. The molecule has 32 heavy (non-hydrogen) atoms. The molecule has 0 radical (unpaired) electrons. The van der Waals surface area contributed by atoms with Gasteiger partial charge in [0.15, 0.2) is 0 Å². The molecule has 0 saturated heterocycles. The van der Waals surface area contributed by atoms with Gasteiger partial charge in [0.25, 0.3) is 0 Å². The van der Waals surface area contributed by atoms with Gasteiger partial charge in [-0.2, -0.15) is 11.8 Å². The number of nitrogens with one attached hydrogen (secondary N) is 2. The van der Waals surface area contributed by atoms with E-state index in [4.69, 9.17) is 0 Å². The van der Waals surface area contributed by atoms with E-state index < -0.39 is 0 Å². The first-order valence-corrected chi connectivity index (χ1v) is 12.7. The van der Waals surface area contributed by atoms with Crippen LogP contribution in [0, 0.1) is 0 Å². The van der Waals surface area contributed by atoms with Gasteiger partial charge in [0.05, 0.1) is 0 Å². The minimum atomic E-state index is -0.163. The van der Waals surface area contributed by atoms with Crippen LogP contribution in [-0.2, 0) is 23.7 Å². The number of benzene rings is 2. The number of anilines is 1. The Kier molecular flexibility index (Phi) is 9.08. The van der Waals surface area contributed by atoms with Gasteiger partial charge < -0.3 is 15.7 Å². The lowest BCUT2D eigenvalue weighted by molar-refractivity contribution is 0.252. The summed E-state index contributed by atoms with van der Waals surface area (Å²) in [5.74, 6) is 2.38. The van der Waals surface area contributed by atoms with E-state index in [1.807, 2.05) is 30.0 Å². The zero-order valence-corrected chi connectivity index (χ0v) is 21.6. The van der Waals surface area contributed by atoms with E-state index in [9.17, 15) is 9.90 Å². The average Bonchev–Trinajstić information content (AvgIpc) is 2.69. The minimum absolute atomic E-state index is 0.145. The number of thioether (sulfide) groups is 1. The second-order valence-corrected chi connectivity index (χ2v) is 11.7. The van der Waals surface area contributed by atoms with Gasteiger partial charge >= 0.3 is 6.03 Å². The van der Waals surface area contributed by atoms with Gasteiger partial charge in [-0.05, 0) is 57.7 Å². The van der Waals surface area contributed by atoms with E-state index in [2.05, 4.69) is 77.3 Å². The molecule has 2 aromatic rings. The first-order chi connectivity index (χ1) is 14.9. The summed E-state index contributed by atoms with van der Waals surface area (Å²) in [7, 11) is 0. The van der Waals surface area contributed by atoms with Crippen LogP contribution in [0.3, 0.4) is 0 Å². The summed E-state index contributed by atoms with van der Waals surface area (Å²) in [6.07, 6.45) is 1.64. The maximum Gasteiger partial charge on any atom is 0.319 e. The standard InChI is InChI=1S/C27H40N2O2S/c1-8-32-16-15-28-25(31)29-23-12-10-9-11-20(23)14-13-19-17-21(26(2,3)4)24(30)22(18-19)27(5,6)7/h9-12,17-18,30H,8,13-16H2,1-7H3,(H2,28,29,31). The molecule has 0 saturated carbocycles. The second kappa shape index (κ2) is 11.1. The van der Waals surface area contributed by atoms with Crippen LogP contribution in [0.5, 0.6) is 5.75 Å². The van der Waals surface area contributed by atoms with Crippen LogP contribution in [0.1, 0.15) is 70.7 Å². The third kappa shape index (κ3) is 7.47. The molecule has 3 N–H and O–H groups in total. The van der Waals surface area contributed by atoms with Crippen LogP contribution in [0.15, 0.2) is 36.4 Å². The highest BCUT2D eigenvalue weighted by Gasteiger charge is 2.26. The number of urea groups is 1. The molecule has 0 spiro atoms. The number of hydrogen-bond acceptors (Lipinski definition) is 3. The van der Waals surface area contributed by atoms with Crippen molar-refractivity contribution >= 4 is 23.5 Å². The van der Waals surface area contributed by atoms with E-state index in [1.165, 1.54) is 5.56 Å². The third-order valence-electron chi connectivity index (χ3n) is 5.47. The van der Waals surface area contributed by atoms with E-state index in [0.717, 1.165) is 46.7 Å². The number of aryl methyl sites for hydroxylation is 2. The minimum Gasteiger partial charge on any atom is -0.507 e. The first kappa shape index (κ1) is 26.1. The van der Waals surface area contributed by atoms with E-state index in [1.54, 1.807) is 0 Å². The molecule has 2 aromatic carbocycles. The zero-order valence-electron chi connectivity index (χ0n) is 20.8. The molecule has 4 nitrogen and oxygen atoms in total. The molecule has 2 amide bonds. The summed E-state index contributed by atoms with van der Waals surface area (Å²) in [5.41, 5.74) is 4.83. The van der Waals surface area contributed by atoms with Gasteiger partial charge in [-0.25, -0.2) is 4.79 Å². The van der Waals surface area contributed by atoms with Crippen molar-refractivity contribution < 1.29 is 9.90 Å². The number of amides is 2. The Morgan fingerprint density at radius 3 is 2.12 bits per heavy atom. The highest BCUT2D eigenvalue weighted by molar-refractivity contribution is 7.99. The molecule has 0 unspecified atom stereocenters. The number of hydrogen-bond donors (Lipinski definition) is 3. The summed E-state index contributed by atoms with van der Waals surface area (Å²) in [4.78, 5) is 12.3. The maximum atomic E-state index is 12.3. The fourth-order valence-corrected chi connectivity index (χ4v) is 4.20. The number of rotatable bonds is 8. The number of aromatic hydroxyl groups is 1. The van der Waals surface area contributed by atoms with Crippen LogP contribution >= 0.6 is 11.8 Å². The Morgan fingerprint density at radius 2 is 1.56 bits per heavy atom. The van der Waals surface area contributed by atoms with Gasteiger partial charge in [-0.15, -0.1) is 0 Å². The quantitative estimate of drug-likeness (QED) is 0.390. The lowest BCUT2D eigenvalue weighted by Gasteiger charge is -2.28. The molecule has 0 atom stereocenters. The van der Waals surface area contributed by atoms with Gasteiger partial charge in [0.2, 0.25) is 0 Å².